The summed E-state index contributed by atoms with van der Waals surface area (Å²) < 4.78 is 0. The zero-order valence-corrected chi connectivity index (χ0v) is 23.2. The molecule has 10 nitrogen and oxygen atoms in total. The van der Waals surface area contributed by atoms with E-state index in [4.69, 9.17) is 4.99 Å². The zero-order chi connectivity index (χ0) is 29.3. The number of nitrogens with one attached hydrogen (secondary N) is 1. The lowest BCUT2D eigenvalue weighted by molar-refractivity contribution is -0.385. The summed E-state index contributed by atoms with van der Waals surface area (Å²) in [6.07, 6.45) is 0.872. The first-order valence-corrected chi connectivity index (χ1v) is 13.1. The Hall–Kier alpha value is -4.60. The molecule has 5 rings (SSSR count). The van der Waals surface area contributed by atoms with Gasteiger partial charge in [0.05, 0.1) is 32.4 Å². The van der Waals surface area contributed by atoms with Crippen molar-refractivity contribution < 1.29 is 19.7 Å². The van der Waals surface area contributed by atoms with Gasteiger partial charge in [-0.15, -0.1) is 0 Å². The molecule has 0 radical (unpaired) electrons. The van der Waals surface area contributed by atoms with Crippen LogP contribution in [0, 0.1) is 20.2 Å². The minimum atomic E-state index is -0.715. The monoisotopic (exact) mass is 542 g/mol. The fourth-order valence-corrected chi connectivity index (χ4v) is 6.12. The number of allylic oxidation sites excluding steroid dienone is 5. The molecule has 3 aliphatic rings. The SMILES string of the molecule is CCC(C1=Nc2ccc([N+](=O)[O-])cc2C1(C)C)=C1C(=O)C(C(CC)=C2Nc3ccc([N+](=O)[O-])cc3C2(C)C)=C1O. The van der Waals surface area contributed by atoms with Crippen molar-refractivity contribution in [3.05, 3.63) is 102 Å². The summed E-state index contributed by atoms with van der Waals surface area (Å²) in [5, 5.41) is 37.5. The van der Waals surface area contributed by atoms with Gasteiger partial charge in [-0.2, -0.15) is 0 Å². The highest BCUT2D eigenvalue weighted by molar-refractivity contribution is 6.27. The van der Waals surface area contributed by atoms with E-state index in [2.05, 4.69) is 5.32 Å². The van der Waals surface area contributed by atoms with Crippen molar-refractivity contribution in [2.75, 3.05) is 5.32 Å². The van der Waals surface area contributed by atoms with Crippen LogP contribution in [-0.4, -0.2) is 26.4 Å². The van der Waals surface area contributed by atoms with Gasteiger partial charge in [0.15, 0.2) is 0 Å². The van der Waals surface area contributed by atoms with E-state index in [1.54, 1.807) is 18.2 Å². The lowest BCUT2D eigenvalue weighted by atomic mass is 9.71. The molecular formula is C30H30N4O6. The fourth-order valence-electron chi connectivity index (χ4n) is 6.12. The Bertz CT molecular complexity index is 1670. The maximum Gasteiger partial charge on any atom is 0.269 e. The highest BCUT2D eigenvalue weighted by atomic mass is 16.6. The number of carbonyl (C=O) groups is 1. The molecule has 206 valence electrons. The maximum absolute atomic E-state index is 13.8. The standard InChI is InChI=1S/C30H30N4O6/c1-7-17(27-29(3,4)19-13-15(33(37)38)9-11-21(19)31-27)23-25(35)24(26(23)36)18(8-2)28-30(5,6)20-14-16(34(39)40)10-12-22(20)32-28/h9-14,31,35H,7-8H2,1-6H3. The van der Waals surface area contributed by atoms with E-state index in [9.17, 15) is 30.1 Å². The third kappa shape index (κ3) is 3.70. The van der Waals surface area contributed by atoms with E-state index in [-0.39, 0.29) is 34.1 Å². The number of anilines is 1. The number of aliphatic hydroxyl groups excluding tert-OH is 1. The Morgan fingerprint density at radius 2 is 1.48 bits per heavy atom. The summed E-state index contributed by atoms with van der Waals surface area (Å²) in [5.41, 5.74) is 4.35. The maximum atomic E-state index is 13.8. The van der Waals surface area contributed by atoms with Crippen molar-refractivity contribution in [1.29, 1.82) is 0 Å². The minimum absolute atomic E-state index is 0.0150. The number of carbonyl (C=O) groups excluding carboxylic acids is 1. The third-order valence-corrected chi connectivity index (χ3v) is 8.29. The molecule has 0 amide bonds. The predicted molar refractivity (Wildman–Crippen MR) is 152 cm³/mol. The Balaban J connectivity index is 1.61. The summed E-state index contributed by atoms with van der Waals surface area (Å²) in [6, 6.07) is 9.18. The topological polar surface area (TPSA) is 148 Å². The Morgan fingerprint density at radius 1 is 0.900 bits per heavy atom. The van der Waals surface area contributed by atoms with Crippen LogP contribution in [0.3, 0.4) is 0 Å². The molecule has 40 heavy (non-hydrogen) atoms. The van der Waals surface area contributed by atoms with Gasteiger partial charge in [0.25, 0.3) is 11.4 Å². The van der Waals surface area contributed by atoms with Crippen molar-refractivity contribution in [2.45, 2.75) is 65.2 Å². The predicted octanol–water partition coefficient (Wildman–Crippen LogP) is 7.04. The van der Waals surface area contributed by atoms with E-state index in [1.165, 1.54) is 18.2 Å². The van der Waals surface area contributed by atoms with E-state index in [0.717, 1.165) is 16.9 Å². The molecule has 2 aromatic carbocycles. The molecule has 0 saturated carbocycles. The second-order valence-electron chi connectivity index (χ2n) is 11.2. The molecule has 1 aliphatic carbocycles. The number of ketones is 1. The van der Waals surface area contributed by atoms with Gasteiger partial charge in [-0.1, -0.05) is 41.5 Å². The van der Waals surface area contributed by atoms with Crippen molar-refractivity contribution >= 4 is 34.2 Å². The summed E-state index contributed by atoms with van der Waals surface area (Å²) >= 11 is 0. The van der Waals surface area contributed by atoms with Crippen molar-refractivity contribution in [3.63, 3.8) is 0 Å². The quantitative estimate of drug-likeness (QED) is 0.226. The van der Waals surface area contributed by atoms with Crippen LogP contribution in [0.1, 0.15) is 65.5 Å². The number of non-ortho nitro benzene ring substituents is 2. The van der Waals surface area contributed by atoms with E-state index in [0.29, 0.717) is 41.0 Å². The number of aliphatic hydroxyl groups is 1. The Labute approximate surface area is 231 Å². The summed E-state index contributed by atoms with van der Waals surface area (Å²) in [6.45, 7) is 11.5. The zero-order valence-electron chi connectivity index (χ0n) is 23.2. The number of rotatable bonds is 6. The number of nitrogens with zero attached hydrogens (tertiary/aromatic N) is 3. The van der Waals surface area contributed by atoms with Crippen molar-refractivity contribution in [1.82, 2.24) is 0 Å². The van der Waals surface area contributed by atoms with Crippen molar-refractivity contribution in [2.24, 2.45) is 4.99 Å². The number of hydrogen-bond donors (Lipinski definition) is 2. The van der Waals surface area contributed by atoms with Gasteiger partial charge in [0.2, 0.25) is 5.78 Å². The van der Waals surface area contributed by atoms with E-state index < -0.39 is 20.7 Å². The number of aliphatic imine (C=N–C) groups is 1. The first kappa shape index (κ1) is 27.0. The molecule has 2 aromatic rings. The first-order valence-electron chi connectivity index (χ1n) is 13.1. The van der Waals surface area contributed by atoms with Crippen LogP contribution in [0.15, 0.2) is 75.1 Å². The van der Waals surface area contributed by atoms with Crippen molar-refractivity contribution in [3.8, 4) is 0 Å². The molecule has 0 bridgehead atoms. The van der Waals surface area contributed by atoms with Crippen LogP contribution in [0.4, 0.5) is 22.7 Å². The molecule has 2 aliphatic heterocycles. The van der Waals surface area contributed by atoms with Crippen LogP contribution in [0.2, 0.25) is 0 Å². The molecule has 0 unspecified atom stereocenters. The fraction of sp³-hybridized carbons (Fsp3) is 0.333. The van der Waals surface area contributed by atoms with Gasteiger partial charge in [-0.3, -0.25) is 30.0 Å². The third-order valence-electron chi connectivity index (χ3n) is 8.29. The number of Topliss-reactive ketones (excluding diaryl/α,β-unsaturated/α-hetero) is 1. The average Bonchev–Trinajstić information content (AvgIpc) is 3.33. The van der Waals surface area contributed by atoms with Gasteiger partial charge in [0, 0.05) is 46.5 Å². The lowest BCUT2D eigenvalue weighted by Crippen LogP contribution is -2.33. The van der Waals surface area contributed by atoms with E-state index in [1.807, 2.05) is 41.5 Å². The first-order chi connectivity index (χ1) is 18.7. The van der Waals surface area contributed by atoms with Crippen LogP contribution in [0.5, 0.6) is 0 Å². The molecule has 0 saturated heterocycles. The molecule has 0 atom stereocenters. The number of benzene rings is 2. The molecule has 0 fully saturated rings. The minimum Gasteiger partial charge on any atom is -0.506 e. The van der Waals surface area contributed by atoms with Gasteiger partial charge in [-0.05, 0) is 47.2 Å². The molecule has 2 heterocycles. The van der Waals surface area contributed by atoms with Gasteiger partial charge < -0.3 is 10.4 Å². The molecule has 0 aromatic heterocycles. The average molecular weight is 543 g/mol. The van der Waals surface area contributed by atoms with Crippen LogP contribution < -0.4 is 5.32 Å². The molecule has 10 heteroatoms. The molecule has 2 N–H and O–H groups in total. The summed E-state index contributed by atoms with van der Waals surface area (Å²) in [5.74, 6) is -0.398. The second kappa shape index (κ2) is 8.97. The van der Waals surface area contributed by atoms with E-state index >= 15 is 0 Å². The van der Waals surface area contributed by atoms with Gasteiger partial charge >= 0.3 is 0 Å². The van der Waals surface area contributed by atoms with Gasteiger partial charge in [0.1, 0.15) is 5.76 Å². The Morgan fingerprint density at radius 3 is 2.02 bits per heavy atom. The van der Waals surface area contributed by atoms with Crippen LogP contribution in [0.25, 0.3) is 0 Å². The van der Waals surface area contributed by atoms with Crippen LogP contribution in [-0.2, 0) is 15.6 Å². The lowest BCUT2D eigenvalue weighted by Gasteiger charge is -2.32. The highest BCUT2D eigenvalue weighted by Crippen LogP contribution is 2.51. The summed E-state index contributed by atoms with van der Waals surface area (Å²) in [4.78, 5) is 40.4. The molecular weight excluding hydrogens is 512 g/mol. The highest BCUT2D eigenvalue weighted by Gasteiger charge is 2.46. The summed E-state index contributed by atoms with van der Waals surface area (Å²) in [7, 11) is 0. The molecule has 0 spiro atoms. The number of hydrogen-bond acceptors (Lipinski definition) is 8. The van der Waals surface area contributed by atoms with Gasteiger partial charge in [-0.25, -0.2) is 0 Å². The van der Waals surface area contributed by atoms with Crippen LogP contribution >= 0.6 is 0 Å². The number of fused-ring (bicyclic) bond motifs is 2. The second-order valence-corrected chi connectivity index (χ2v) is 11.2. The number of nitro benzene ring substituents is 2. The largest absolute Gasteiger partial charge is 0.506 e. The normalized spacial score (nSPS) is 20.8. The smallest absolute Gasteiger partial charge is 0.269 e. The number of nitro groups is 2. The Kier molecular flexibility index (Phi) is 6.05.